The van der Waals surface area contributed by atoms with Crippen LogP contribution in [0, 0.1) is 12.3 Å². The minimum absolute atomic E-state index is 0.241. The molecule has 0 saturated heterocycles. The first-order chi connectivity index (χ1) is 13.6. The monoisotopic (exact) mass is 398 g/mol. The first-order valence-electron chi connectivity index (χ1n) is 9.56. The smallest absolute Gasteiger partial charge is 0.239 e. The number of methoxy groups -OCH3 is 2. The van der Waals surface area contributed by atoms with E-state index in [1.165, 1.54) is 7.11 Å². The Morgan fingerprint density at radius 3 is 2.21 bits per heavy atom. The maximum absolute atomic E-state index is 13.0. The van der Waals surface area contributed by atoms with Crippen LogP contribution in [0.15, 0.2) is 36.4 Å². The third-order valence-corrected chi connectivity index (χ3v) is 4.96. The molecule has 0 aliphatic carbocycles. The molecule has 0 fully saturated rings. The summed E-state index contributed by atoms with van der Waals surface area (Å²) < 4.78 is 10.5. The lowest BCUT2D eigenvalue weighted by Gasteiger charge is -2.25. The summed E-state index contributed by atoms with van der Waals surface area (Å²) in [5, 5.41) is 5.75. The van der Waals surface area contributed by atoms with Crippen molar-refractivity contribution in [2.75, 3.05) is 24.9 Å². The van der Waals surface area contributed by atoms with Crippen molar-refractivity contribution >= 4 is 23.2 Å². The van der Waals surface area contributed by atoms with Gasteiger partial charge in [0, 0.05) is 11.8 Å². The summed E-state index contributed by atoms with van der Waals surface area (Å²) in [7, 11) is 3.06. The maximum Gasteiger partial charge on any atom is 0.239 e. The Morgan fingerprint density at radius 2 is 1.62 bits per heavy atom. The first kappa shape index (κ1) is 22.3. The van der Waals surface area contributed by atoms with Gasteiger partial charge in [-0.05, 0) is 49.9 Å². The molecule has 0 unspecified atom stereocenters. The molecule has 0 atom stereocenters. The van der Waals surface area contributed by atoms with E-state index in [0.29, 0.717) is 17.2 Å². The van der Waals surface area contributed by atoms with E-state index in [0.717, 1.165) is 16.8 Å². The summed E-state index contributed by atoms with van der Waals surface area (Å²) in [5.74, 6) is 0.495. The van der Waals surface area contributed by atoms with Crippen LogP contribution in [-0.2, 0) is 9.59 Å². The van der Waals surface area contributed by atoms with Gasteiger partial charge in [0.25, 0.3) is 0 Å². The summed E-state index contributed by atoms with van der Waals surface area (Å²) in [6.07, 6.45) is 0. The third-order valence-electron chi connectivity index (χ3n) is 4.96. The van der Waals surface area contributed by atoms with Crippen molar-refractivity contribution in [3.8, 4) is 11.5 Å². The molecule has 2 aromatic carbocycles. The highest BCUT2D eigenvalue weighted by molar-refractivity contribution is 6.14. The normalized spacial score (nSPS) is 11.2. The molecule has 0 aliphatic rings. The molecule has 29 heavy (non-hydrogen) atoms. The number of aryl methyl sites for hydroxylation is 1. The van der Waals surface area contributed by atoms with E-state index in [-0.39, 0.29) is 11.8 Å². The Bertz CT molecular complexity index is 904. The number of anilines is 2. The maximum atomic E-state index is 13.0. The fourth-order valence-corrected chi connectivity index (χ4v) is 2.90. The van der Waals surface area contributed by atoms with Gasteiger partial charge in [-0.15, -0.1) is 0 Å². The van der Waals surface area contributed by atoms with Crippen LogP contribution >= 0.6 is 0 Å². The SMILES string of the molecule is COc1ccc(NC(=O)C(C)(C)C(=O)Nc2c(C)cccc2C(C)C)c(OC)c1. The van der Waals surface area contributed by atoms with Gasteiger partial charge in [0.1, 0.15) is 16.9 Å². The minimum Gasteiger partial charge on any atom is -0.497 e. The van der Waals surface area contributed by atoms with Gasteiger partial charge in [-0.25, -0.2) is 0 Å². The summed E-state index contributed by atoms with van der Waals surface area (Å²) in [4.78, 5) is 26.0. The zero-order valence-corrected chi connectivity index (χ0v) is 18.2. The summed E-state index contributed by atoms with van der Waals surface area (Å²) in [6.45, 7) is 9.27. The summed E-state index contributed by atoms with van der Waals surface area (Å²) in [5.41, 5.74) is 1.92. The number of nitrogens with one attached hydrogen (secondary N) is 2. The molecule has 0 saturated carbocycles. The topological polar surface area (TPSA) is 76.7 Å². The first-order valence-corrected chi connectivity index (χ1v) is 9.56. The molecule has 2 rings (SSSR count). The standard InChI is InChI=1S/C23H30N2O4/c1-14(2)17-10-8-9-15(3)20(17)25-22(27)23(4,5)21(26)24-18-12-11-16(28-6)13-19(18)29-7/h8-14H,1-7H3,(H,24,26)(H,25,27). The molecule has 0 aromatic heterocycles. The third kappa shape index (κ3) is 4.88. The lowest BCUT2D eigenvalue weighted by molar-refractivity contribution is -0.135. The van der Waals surface area contributed by atoms with Crippen molar-refractivity contribution in [3.05, 3.63) is 47.5 Å². The molecular weight excluding hydrogens is 368 g/mol. The molecule has 2 N–H and O–H groups in total. The highest BCUT2D eigenvalue weighted by Crippen LogP contribution is 2.32. The van der Waals surface area contributed by atoms with Gasteiger partial charge >= 0.3 is 0 Å². The second-order valence-electron chi connectivity index (χ2n) is 7.79. The van der Waals surface area contributed by atoms with Gasteiger partial charge in [-0.2, -0.15) is 0 Å². The van der Waals surface area contributed by atoms with Gasteiger partial charge in [-0.1, -0.05) is 32.0 Å². The van der Waals surface area contributed by atoms with Crippen LogP contribution in [-0.4, -0.2) is 26.0 Å². The number of rotatable bonds is 7. The second-order valence-corrected chi connectivity index (χ2v) is 7.79. The summed E-state index contributed by atoms with van der Waals surface area (Å²) in [6, 6.07) is 11.0. The van der Waals surface area contributed by atoms with Gasteiger partial charge < -0.3 is 20.1 Å². The molecular formula is C23H30N2O4. The van der Waals surface area contributed by atoms with Gasteiger partial charge in [0.05, 0.1) is 19.9 Å². The van der Waals surface area contributed by atoms with Crippen molar-refractivity contribution in [2.24, 2.45) is 5.41 Å². The number of ether oxygens (including phenoxy) is 2. The summed E-state index contributed by atoms with van der Waals surface area (Å²) >= 11 is 0. The number of hydrogen-bond acceptors (Lipinski definition) is 4. The molecule has 0 radical (unpaired) electrons. The number of para-hydroxylation sites is 1. The van der Waals surface area contributed by atoms with Crippen molar-refractivity contribution in [1.82, 2.24) is 0 Å². The Hall–Kier alpha value is -3.02. The van der Waals surface area contributed by atoms with Crippen molar-refractivity contribution in [1.29, 1.82) is 0 Å². The van der Waals surface area contributed by atoms with E-state index in [2.05, 4.69) is 24.5 Å². The Labute approximate surface area is 172 Å². The van der Waals surface area contributed by atoms with Crippen LogP contribution in [0.25, 0.3) is 0 Å². The van der Waals surface area contributed by atoms with Crippen LogP contribution < -0.4 is 20.1 Å². The second kappa shape index (κ2) is 8.99. The molecule has 0 aliphatic heterocycles. The predicted molar refractivity (Wildman–Crippen MR) is 116 cm³/mol. The molecule has 0 bridgehead atoms. The van der Waals surface area contributed by atoms with E-state index >= 15 is 0 Å². The molecule has 2 aromatic rings. The Morgan fingerprint density at radius 1 is 0.966 bits per heavy atom. The van der Waals surface area contributed by atoms with Crippen LogP contribution in [0.1, 0.15) is 44.7 Å². The lowest BCUT2D eigenvalue weighted by atomic mass is 9.89. The van der Waals surface area contributed by atoms with Crippen LogP contribution in [0.4, 0.5) is 11.4 Å². The highest BCUT2D eigenvalue weighted by atomic mass is 16.5. The zero-order valence-electron chi connectivity index (χ0n) is 18.2. The van der Waals surface area contributed by atoms with Crippen LogP contribution in [0.2, 0.25) is 0 Å². The quantitative estimate of drug-likeness (QED) is 0.661. The van der Waals surface area contributed by atoms with Crippen molar-refractivity contribution in [2.45, 2.75) is 40.5 Å². The average Bonchev–Trinajstić information content (AvgIpc) is 2.69. The molecule has 0 heterocycles. The lowest BCUT2D eigenvalue weighted by Crippen LogP contribution is -2.42. The largest absolute Gasteiger partial charge is 0.497 e. The van der Waals surface area contributed by atoms with E-state index in [4.69, 9.17) is 9.47 Å². The number of amides is 2. The fourth-order valence-electron chi connectivity index (χ4n) is 2.90. The van der Waals surface area contributed by atoms with Crippen LogP contribution in [0.3, 0.4) is 0 Å². The van der Waals surface area contributed by atoms with Crippen molar-refractivity contribution < 1.29 is 19.1 Å². The van der Waals surface area contributed by atoms with Gasteiger partial charge in [0.2, 0.25) is 11.8 Å². The number of carbonyl (C=O) groups excluding carboxylic acids is 2. The Balaban J connectivity index is 2.25. The Kier molecular flexibility index (Phi) is 6.90. The predicted octanol–water partition coefficient (Wildman–Crippen LogP) is 4.74. The van der Waals surface area contributed by atoms with Crippen molar-refractivity contribution in [3.63, 3.8) is 0 Å². The highest BCUT2D eigenvalue weighted by Gasteiger charge is 2.37. The number of benzene rings is 2. The zero-order chi connectivity index (χ0) is 21.8. The van der Waals surface area contributed by atoms with Gasteiger partial charge in [0.15, 0.2) is 0 Å². The number of carbonyl (C=O) groups is 2. The van der Waals surface area contributed by atoms with E-state index in [1.54, 1.807) is 39.2 Å². The van der Waals surface area contributed by atoms with E-state index < -0.39 is 11.3 Å². The number of hydrogen-bond donors (Lipinski definition) is 2. The molecule has 156 valence electrons. The molecule has 0 spiro atoms. The molecule has 2 amide bonds. The minimum atomic E-state index is -1.30. The van der Waals surface area contributed by atoms with E-state index in [1.807, 2.05) is 25.1 Å². The molecule has 6 nitrogen and oxygen atoms in total. The molecule has 6 heteroatoms. The average molecular weight is 399 g/mol. The van der Waals surface area contributed by atoms with E-state index in [9.17, 15) is 9.59 Å². The fraction of sp³-hybridized carbons (Fsp3) is 0.391. The van der Waals surface area contributed by atoms with Crippen LogP contribution in [0.5, 0.6) is 11.5 Å². The van der Waals surface area contributed by atoms with Gasteiger partial charge in [-0.3, -0.25) is 9.59 Å².